The number of hydrogen-bond acceptors (Lipinski definition) is 12. The number of epoxide rings is 2. The first-order chi connectivity index (χ1) is 24.0. The van der Waals surface area contributed by atoms with Crippen molar-refractivity contribution in [2.75, 3.05) is 68.1 Å². The van der Waals surface area contributed by atoms with Gasteiger partial charge in [0.15, 0.2) is 0 Å². The Bertz CT molecular complexity index is 1240. The van der Waals surface area contributed by atoms with Gasteiger partial charge in [0.1, 0.15) is 12.2 Å². The molecule has 3 unspecified atom stereocenters. The number of ether oxygens (including phenoxy) is 4. The molecule has 3 atom stereocenters. The summed E-state index contributed by atoms with van der Waals surface area (Å²) in [5, 5.41) is 1.77. The molecule has 0 aromatic heterocycles. The van der Waals surface area contributed by atoms with Crippen molar-refractivity contribution in [3.05, 3.63) is 72.9 Å². The molecule has 12 nitrogen and oxygen atoms in total. The summed E-state index contributed by atoms with van der Waals surface area (Å²) >= 11 is 0. The van der Waals surface area contributed by atoms with Crippen LogP contribution in [0.1, 0.15) is 12.8 Å². The van der Waals surface area contributed by atoms with Crippen molar-refractivity contribution in [3.63, 3.8) is 0 Å². The molecule has 4 rings (SSSR count). The van der Waals surface area contributed by atoms with Gasteiger partial charge in [-0.05, 0) is 42.9 Å². The molecule has 2 fully saturated rings. The summed E-state index contributed by atoms with van der Waals surface area (Å²) in [5.74, 6) is 0. The third-order valence-corrected chi connectivity index (χ3v) is 27.7. The Morgan fingerprint density at radius 3 is 1.44 bits per heavy atom. The molecule has 2 aliphatic rings. The van der Waals surface area contributed by atoms with Gasteiger partial charge in [0.05, 0.1) is 26.4 Å². The second kappa shape index (κ2) is 19.2. The second-order valence-electron chi connectivity index (χ2n) is 12.8. The SMILES string of the molecule is C=C[Si](C)(O[Si](C)(C)O[Si](CCCOCC1CO1)(OC)OC)O[Si](O[Si](CCCOCC1CO1)(OC)OC)(c1ccccc1)c1ccccc1. The molecule has 2 aromatic rings. The average molecular weight is 785 g/mol. The minimum absolute atomic E-state index is 0.197. The van der Waals surface area contributed by atoms with Crippen LogP contribution in [0.3, 0.4) is 0 Å². The van der Waals surface area contributed by atoms with E-state index in [-0.39, 0.29) is 12.2 Å². The number of rotatable bonds is 27. The molecule has 0 aliphatic carbocycles. The molecule has 2 heterocycles. The molecule has 0 spiro atoms. The second-order valence-corrected chi connectivity index (χ2v) is 29.1. The van der Waals surface area contributed by atoms with Gasteiger partial charge in [-0.1, -0.05) is 66.4 Å². The van der Waals surface area contributed by atoms with E-state index in [1.807, 2.05) is 80.3 Å². The highest BCUT2D eigenvalue weighted by Crippen LogP contribution is 2.30. The summed E-state index contributed by atoms with van der Waals surface area (Å²) in [7, 11) is -9.98. The van der Waals surface area contributed by atoms with E-state index in [0.717, 1.165) is 23.6 Å². The fraction of sp³-hybridized carbons (Fsp3) is 0.576. The third-order valence-electron chi connectivity index (χ3n) is 8.37. The van der Waals surface area contributed by atoms with Crippen molar-refractivity contribution in [2.45, 2.75) is 56.8 Å². The Labute approximate surface area is 303 Å². The van der Waals surface area contributed by atoms with Crippen LogP contribution in [-0.2, 0) is 53.1 Å². The summed E-state index contributed by atoms with van der Waals surface area (Å²) in [5.41, 5.74) is 1.79. The van der Waals surface area contributed by atoms with Crippen molar-refractivity contribution < 1.29 is 53.1 Å². The van der Waals surface area contributed by atoms with E-state index < -0.39 is 43.3 Å². The molecular formula is C33H56O12Si5. The lowest BCUT2D eigenvalue weighted by atomic mass is 10.4. The average Bonchev–Trinajstić information content (AvgIpc) is 4.07. The molecule has 0 saturated carbocycles. The highest BCUT2D eigenvalue weighted by atomic mass is 28.5. The highest BCUT2D eigenvalue weighted by Gasteiger charge is 2.58. The lowest BCUT2D eigenvalue weighted by Crippen LogP contribution is -2.73. The Hall–Kier alpha value is -1.22. The summed E-state index contributed by atoms with van der Waals surface area (Å²) in [6.45, 7) is 13.9. The van der Waals surface area contributed by atoms with Crippen LogP contribution in [0.15, 0.2) is 72.9 Å². The van der Waals surface area contributed by atoms with Crippen LogP contribution in [0.25, 0.3) is 0 Å². The van der Waals surface area contributed by atoms with E-state index in [0.29, 0.717) is 51.4 Å². The van der Waals surface area contributed by atoms with Crippen molar-refractivity contribution in [2.24, 2.45) is 0 Å². The van der Waals surface area contributed by atoms with E-state index in [2.05, 4.69) is 6.58 Å². The highest BCUT2D eigenvalue weighted by molar-refractivity contribution is 7.02. The summed E-state index contributed by atoms with van der Waals surface area (Å²) < 4.78 is 75.0. The lowest BCUT2D eigenvalue weighted by molar-refractivity contribution is 0.106. The molecule has 17 heteroatoms. The van der Waals surface area contributed by atoms with Crippen molar-refractivity contribution in [1.29, 1.82) is 0 Å². The maximum Gasteiger partial charge on any atom is 0.492 e. The minimum Gasteiger partial charge on any atom is -0.413 e. The summed E-state index contributed by atoms with van der Waals surface area (Å²) in [6.07, 6.45) is 1.80. The van der Waals surface area contributed by atoms with Crippen LogP contribution in [0, 0.1) is 0 Å². The van der Waals surface area contributed by atoms with Crippen LogP contribution in [0.5, 0.6) is 0 Å². The molecule has 0 N–H and O–H groups in total. The van der Waals surface area contributed by atoms with Gasteiger partial charge in [0, 0.05) is 53.7 Å². The number of benzene rings is 2. The maximum atomic E-state index is 7.43. The molecular weight excluding hydrogens is 729 g/mol. The normalized spacial score (nSPS) is 19.3. The molecule has 0 bridgehead atoms. The molecule has 2 aromatic carbocycles. The maximum absolute atomic E-state index is 7.43. The third kappa shape index (κ3) is 12.2. The Balaban J connectivity index is 1.62. The van der Waals surface area contributed by atoms with Crippen molar-refractivity contribution in [1.82, 2.24) is 0 Å². The van der Waals surface area contributed by atoms with Crippen LogP contribution in [-0.4, -0.2) is 124 Å². The van der Waals surface area contributed by atoms with Crippen LogP contribution in [0.4, 0.5) is 0 Å². The monoisotopic (exact) mass is 784 g/mol. The first-order valence-corrected chi connectivity index (χ1v) is 28.0. The van der Waals surface area contributed by atoms with Crippen molar-refractivity contribution in [3.8, 4) is 0 Å². The molecule has 50 heavy (non-hydrogen) atoms. The van der Waals surface area contributed by atoms with Crippen LogP contribution in [0.2, 0.25) is 31.7 Å². The zero-order valence-corrected chi connectivity index (χ0v) is 35.7. The standard InChI is InChI=1S/C33H56O12Si5/c1-9-47(8,42-46(6,7)43-48(34-2,35-3)24-16-22-38-26-30-28-40-30)44-50(32-18-12-10-13-19-32,33-20-14-11-15-21-33)45-49(36-4,37-5)25-17-23-39-27-31-29-41-31/h9-15,18-21,30-31H,1,16-17,22-29H2,2-8H3. The van der Waals surface area contributed by atoms with Gasteiger partial charge < -0.3 is 53.1 Å². The van der Waals surface area contributed by atoms with E-state index in [1.165, 1.54) is 0 Å². The predicted molar refractivity (Wildman–Crippen MR) is 201 cm³/mol. The first-order valence-electron chi connectivity index (χ1n) is 17.1. The van der Waals surface area contributed by atoms with Gasteiger partial charge in [-0.25, -0.2) is 0 Å². The van der Waals surface area contributed by atoms with Gasteiger partial charge in [-0.15, -0.1) is 6.58 Å². The first kappa shape index (κ1) is 41.5. The van der Waals surface area contributed by atoms with E-state index in [1.54, 1.807) is 34.1 Å². The topological polar surface area (TPSA) is 117 Å². The van der Waals surface area contributed by atoms with E-state index in [9.17, 15) is 0 Å². The van der Waals surface area contributed by atoms with Crippen LogP contribution >= 0.6 is 0 Å². The minimum atomic E-state index is -3.66. The molecule has 0 radical (unpaired) electrons. The van der Waals surface area contributed by atoms with Gasteiger partial charge in [-0.2, -0.15) is 0 Å². The molecule has 2 saturated heterocycles. The fourth-order valence-electron chi connectivity index (χ4n) is 5.61. The van der Waals surface area contributed by atoms with E-state index in [4.69, 9.17) is 53.1 Å². The smallest absolute Gasteiger partial charge is 0.413 e. The Kier molecular flexibility index (Phi) is 16.0. The molecule has 280 valence electrons. The Morgan fingerprint density at radius 2 is 1.06 bits per heavy atom. The zero-order valence-electron chi connectivity index (χ0n) is 30.7. The predicted octanol–water partition coefficient (Wildman–Crippen LogP) is 3.88. The quantitative estimate of drug-likeness (QED) is 0.0744. The van der Waals surface area contributed by atoms with Gasteiger partial charge >= 0.3 is 43.3 Å². The summed E-state index contributed by atoms with van der Waals surface area (Å²) in [6, 6.07) is 21.1. The van der Waals surface area contributed by atoms with Crippen molar-refractivity contribution >= 4 is 53.7 Å². The molecule has 0 amide bonds. The fourth-order valence-corrected chi connectivity index (χ4v) is 26.8. The van der Waals surface area contributed by atoms with Crippen LogP contribution < -0.4 is 10.4 Å². The van der Waals surface area contributed by atoms with Gasteiger partial charge in [0.25, 0.3) is 0 Å². The Morgan fingerprint density at radius 1 is 0.640 bits per heavy atom. The van der Waals surface area contributed by atoms with Gasteiger partial charge in [-0.3, -0.25) is 0 Å². The zero-order chi connectivity index (χ0) is 36.1. The largest absolute Gasteiger partial charge is 0.492 e. The lowest BCUT2D eigenvalue weighted by Gasteiger charge is -2.45. The summed E-state index contributed by atoms with van der Waals surface area (Å²) in [4.78, 5) is 0. The van der Waals surface area contributed by atoms with E-state index >= 15 is 0 Å². The molecule has 2 aliphatic heterocycles. The van der Waals surface area contributed by atoms with Gasteiger partial charge in [0.2, 0.25) is 0 Å². The number of hydrogen-bond donors (Lipinski definition) is 0.